The number of piperidine rings is 1. The van der Waals surface area contributed by atoms with Crippen LogP contribution in [-0.2, 0) is 4.79 Å². The number of aromatic nitrogens is 1. The van der Waals surface area contributed by atoms with Crippen LogP contribution in [0.15, 0.2) is 24.4 Å². The molecule has 182 valence electrons. The summed E-state index contributed by atoms with van der Waals surface area (Å²) in [6.07, 6.45) is 6.44. The lowest BCUT2D eigenvalue weighted by Crippen LogP contribution is -2.44. The van der Waals surface area contributed by atoms with E-state index in [1.165, 1.54) is 18.6 Å². The maximum Gasteiger partial charge on any atom is 0.308 e. The number of carboxylic acid groups (broad SMARTS) is 1. The lowest BCUT2D eigenvalue weighted by atomic mass is 9.81. The fourth-order valence-electron chi connectivity index (χ4n) is 4.65. The molecule has 33 heavy (non-hydrogen) atoms. The summed E-state index contributed by atoms with van der Waals surface area (Å²) in [6.45, 7) is 4.75. The van der Waals surface area contributed by atoms with E-state index in [2.05, 4.69) is 16.8 Å². The Balaban J connectivity index is 1.62. The second kappa shape index (κ2) is 12.8. The molecule has 1 saturated heterocycles. The molecule has 0 amide bonds. The highest BCUT2D eigenvalue weighted by atomic mass is 35.5. The molecular formula is C25H36ClN3O3S. The maximum absolute atomic E-state index is 12.0. The van der Waals surface area contributed by atoms with Crippen LogP contribution in [0.2, 0.25) is 5.02 Å². The predicted octanol–water partition coefficient (Wildman–Crippen LogP) is 5.23. The van der Waals surface area contributed by atoms with Gasteiger partial charge in [0.1, 0.15) is 5.75 Å². The third kappa shape index (κ3) is 6.98. The number of carboxylic acids is 1. The molecule has 3 N–H and O–H groups in total. The molecule has 2 heterocycles. The van der Waals surface area contributed by atoms with Gasteiger partial charge in [-0.2, -0.15) is 11.8 Å². The molecular weight excluding hydrogens is 458 g/mol. The van der Waals surface area contributed by atoms with Crippen LogP contribution in [-0.4, -0.2) is 59.2 Å². The predicted molar refractivity (Wildman–Crippen MR) is 137 cm³/mol. The first-order valence-electron chi connectivity index (χ1n) is 11.8. The summed E-state index contributed by atoms with van der Waals surface area (Å²) in [7, 11) is 1.63. The molecule has 1 aliphatic heterocycles. The third-order valence-corrected chi connectivity index (χ3v) is 7.99. The Hall–Kier alpha value is -1.54. The molecule has 2 aromatic rings. The van der Waals surface area contributed by atoms with Crippen molar-refractivity contribution in [3.8, 4) is 5.75 Å². The molecule has 1 aromatic heterocycles. The lowest BCUT2D eigenvalue weighted by Gasteiger charge is -2.37. The molecule has 0 unspecified atom stereocenters. The van der Waals surface area contributed by atoms with E-state index in [9.17, 15) is 9.90 Å². The Morgan fingerprint density at radius 2 is 2.24 bits per heavy atom. The number of fused-ring (bicyclic) bond motifs is 1. The number of nitrogens with zero attached hydrogens (tertiary/aromatic N) is 2. The number of ether oxygens (including phenoxy) is 1. The van der Waals surface area contributed by atoms with Crippen molar-refractivity contribution in [2.45, 2.75) is 45.1 Å². The van der Waals surface area contributed by atoms with Crippen molar-refractivity contribution in [1.82, 2.24) is 9.88 Å². The topological polar surface area (TPSA) is 88.7 Å². The van der Waals surface area contributed by atoms with E-state index in [1.807, 2.05) is 30.0 Å². The summed E-state index contributed by atoms with van der Waals surface area (Å²) >= 11 is 8.47. The maximum atomic E-state index is 12.0. The summed E-state index contributed by atoms with van der Waals surface area (Å²) in [5, 5.41) is 11.3. The molecule has 6 nitrogen and oxygen atoms in total. The van der Waals surface area contributed by atoms with Crippen LogP contribution in [0.3, 0.4) is 0 Å². The highest BCUT2D eigenvalue weighted by Crippen LogP contribution is 2.36. The van der Waals surface area contributed by atoms with Crippen LogP contribution in [0.25, 0.3) is 10.9 Å². The number of likely N-dealkylation sites (tertiary alicyclic amines) is 1. The average molecular weight is 494 g/mol. The molecule has 1 fully saturated rings. The smallest absolute Gasteiger partial charge is 0.308 e. The summed E-state index contributed by atoms with van der Waals surface area (Å²) in [4.78, 5) is 18.8. The first kappa shape index (κ1) is 26.1. The Labute approximate surface area is 206 Å². The van der Waals surface area contributed by atoms with Crippen molar-refractivity contribution >= 4 is 40.2 Å². The van der Waals surface area contributed by atoms with Crippen LogP contribution in [0, 0.1) is 11.8 Å². The standard InChI is InChI=1S/C25H36ClN3O3S/c1-3-4-12-33-13-11-29-10-9-17(20(16-29)25(30)31)5-7-22(27)24-19-14-18(32-2)6-8-23(19)28-15-21(24)26/h6,8,14-15,17,20,22H,3-5,7,9-13,16,27H2,1-2H3,(H,30,31)/t17-,20+,22-/m0/s1. The van der Waals surface area contributed by atoms with Crippen molar-refractivity contribution in [3.63, 3.8) is 0 Å². The van der Waals surface area contributed by atoms with Gasteiger partial charge in [-0.05, 0) is 67.7 Å². The first-order chi connectivity index (χ1) is 15.9. The van der Waals surface area contributed by atoms with Crippen LogP contribution in [0.1, 0.15) is 50.6 Å². The number of aliphatic carboxylic acids is 1. The molecule has 0 spiro atoms. The summed E-state index contributed by atoms with van der Waals surface area (Å²) in [5.41, 5.74) is 8.29. The number of unbranched alkanes of at least 4 members (excludes halogenated alkanes) is 1. The number of hydrogen-bond donors (Lipinski definition) is 2. The molecule has 1 aromatic carbocycles. The fraction of sp³-hybridized carbons (Fsp3) is 0.600. The van der Waals surface area contributed by atoms with Crippen molar-refractivity contribution in [3.05, 3.63) is 35.0 Å². The molecule has 0 radical (unpaired) electrons. The van der Waals surface area contributed by atoms with E-state index in [0.29, 0.717) is 18.0 Å². The van der Waals surface area contributed by atoms with Gasteiger partial charge in [0.15, 0.2) is 0 Å². The second-order valence-corrected chi connectivity index (χ2v) is 10.5. The molecule has 8 heteroatoms. The fourth-order valence-corrected chi connectivity index (χ4v) is 6.02. The van der Waals surface area contributed by atoms with Gasteiger partial charge in [0.25, 0.3) is 0 Å². The van der Waals surface area contributed by atoms with Gasteiger partial charge >= 0.3 is 5.97 Å². The van der Waals surface area contributed by atoms with Gasteiger partial charge in [-0.25, -0.2) is 0 Å². The zero-order chi connectivity index (χ0) is 23.8. The number of carbonyl (C=O) groups is 1. The van der Waals surface area contributed by atoms with E-state index in [-0.39, 0.29) is 17.9 Å². The third-order valence-electron chi connectivity index (χ3n) is 6.64. The minimum atomic E-state index is -0.700. The van der Waals surface area contributed by atoms with E-state index >= 15 is 0 Å². The van der Waals surface area contributed by atoms with E-state index in [1.54, 1.807) is 13.3 Å². The Morgan fingerprint density at radius 3 is 2.97 bits per heavy atom. The van der Waals surface area contributed by atoms with Crippen molar-refractivity contribution in [1.29, 1.82) is 0 Å². The molecule has 0 bridgehead atoms. The molecule has 3 rings (SSSR count). The van der Waals surface area contributed by atoms with Crippen molar-refractivity contribution < 1.29 is 14.6 Å². The first-order valence-corrected chi connectivity index (χ1v) is 13.4. The number of halogens is 1. The van der Waals surface area contributed by atoms with Crippen molar-refractivity contribution in [2.75, 3.05) is 38.2 Å². The van der Waals surface area contributed by atoms with Gasteiger partial charge in [-0.3, -0.25) is 9.78 Å². The number of thioether (sulfide) groups is 1. The highest BCUT2D eigenvalue weighted by Gasteiger charge is 2.34. The quantitative estimate of drug-likeness (QED) is 0.391. The zero-order valence-electron chi connectivity index (χ0n) is 19.6. The highest BCUT2D eigenvalue weighted by molar-refractivity contribution is 7.99. The van der Waals surface area contributed by atoms with Gasteiger partial charge in [0.05, 0.1) is 23.6 Å². The summed E-state index contributed by atoms with van der Waals surface area (Å²) in [6, 6.07) is 5.39. The van der Waals surface area contributed by atoms with Gasteiger partial charge < -0.3 is 20.5 Å². The Bertz CT molecular complexity index is 929. The van der Waals surface area contributed by atoms with E-state index < -0.39 is 5.97 Å². The molecule has 1 aliphatic rings. The van der Waals surface area contributed by atoms with Gasteiger partial charge in [0.2, 0.25) is 0 Å². The SMILES string of the molecule is CCCCSCCN1CC[C@H](CC[C@H](N)c2c(Cl)cnc3ccc(OC)cc23)[C@H](C(=O)O)C1. The average Bonchev–Trinajstić information content (AvgIpc) is 2.82. The van der Waals surface area contributed by atoms with Crippen LogP contribution in [0.5, 0.6) is 5.75 Å². The van der Waals surface area contributed by atoms with Gasteiger partial charge in [-0.15, -0.1) is 0 Å². The largest absolute Gasteiger partial charge is 0.497 e. The number of benzene rings is 1. The zero-order valence-corrected chi connectivity index (χ0v) is 21.2. The number of rotatable bonds is 12. The van der Waals surface area contributed by atoms with Gasteiger partial charge in [-0.1, -0.05) is 24.9 Å². The van der Waals surface area contributed by atoms with Crippen molar-refractivity contribution in [2.24, 2.45) is 17.6 Å². The van der Waals surface area contributed by atoms with Crippen LogP contribution < -0.4 is 10.5 Å². The molecule has 0 aliphatic carbocycles. The number of pyridine rings is 1. The normalized spacial score (nSPS) is 20.1. The lowest BCUT2D eigenvalue weighted by molar-refractivity contribution is -0.146. The number of nitrogens with two attached hydrogens (primary N) is 1. The Kier molecular flexibility index (Phi) is 10.1. The summed E-state index contributed by atoms with van der Waals surface area (Å²) in [5.74, 6) is 2.06. The van der Waals surface area contributed by atoms with Gasteiger partial charge in [0, 0.05) is 36.5 Å². The van der Waals surface area contributed by atoms with Crippen LogP contribution >= 0.6 is 23.4 Å². The minimum Gasteiger partial charge on any atom is -0.497 e. The second-order valence-electron chi connectivity index (χ2n) is 8.85. The molecule has 3 atom stereocenters. The monoisotopic (exact) mass is 493 g/mol. The summed E-state index contributed by atoms with van der Waals surface area (Å²) < 4.78 is 5.37. The molecule has 0 saturated carbocycles. The minimum absolute atomic E-state index is 0.124. The number of methoxy groups -OCH3 is 1. The van der Waals surface area contributed by atoms with E-state index in [4.69, 9.17) is 22.1 Å². The Morgan fingerprint density at radius 1 is 1.42 bits per heavy atom. The van der Waals surface area contributed by atoms with Crippen LogP contribution in [0.4, 0.5) is 0 Å². The number of hydrogen-bond acceptors (Lipinski definition) is 6. The van der Waals surface area contributed by atoms with E-state index in [0.717, 1.165) is 53.9 Å².